The minimum Gasteiger partial charge on any atom is -0.309 e. The maximum atomic E-state index is 4.38. The number of para-hydroxylation sites is 1. The zero-order chi connectivity index (χ0) is 23.6. The molecule has 0 N–H and O–H groups in total. The van der Waals surface area contributed by atoms with Crippen molar-refractivity contribution >= 4 is 59.3 Å². The van der Waals surface area contributed by atoms with Gasteiger partial charge >= 0.3 is 0 Å². The Bertz CT molecular complexity index is 1940. The summed E-state index contributed by atoms with van der Waals surface area (Å²) in [6, 6.07) is 39.6. The number of hydrogen-bond donors (Lipinski definition) is 0. The average Bonchev–Trinajstić information content (AvgIpc) is 3.33. The summed E-state index contributed by atoms with van der Waals surface area (Å²) in [5, 5.41) is 5.22. The highest BCUT2D eigenvalue weighted by atomic mass is 32.1. The van der Waals surface area contributed by atoms with Gasteiger partial charge in [0.2, 0.25) is 0 Å². The van der Waals surface area contributed by atoms with Crippen LogP contribution in [0.25, 0.3) is 53.2 Å². The fraction of sp³-hybridized carbons (Fsp3) is 0. The molecule has 0 unspecified atom stereocenters. The lowest BCUT2D eigenvalue weighted by atomic mass is 9.89. The van der Waals surface area contributed by atoms with Gasteiger partial charge in [-0.2, -0.15) is 0 Å². The molecule has 3 heteroatoms. The SMILES string of the molecule is c1ccc(-c2ccc(N3c4ccccc4-c4cc5c6ccncc6sc5c5cccc3c45)cc2)cc1. The summed E-state index contributed by atoms with van der Waals surface area (Å²) in [6.45, 7) is 0. The van der Waals surface area contributed by atoms with E-state index >= 15 is 0 Å². The number of hydrogen-bond acceptors (Lipinski definition) is 3. The maximum Gasteiger partial charge on any atom is 0.0547 e. The topological polar surface area (TPSA) is 16.1 Å². The maximum absolute atomic E-state index is 4.38. The van der Waals surface area contributed by atoms with Gasteiger partial charge in [-0.25, -0.2) is 0 Å². The Labute approximate surface area is 212 Å². The molecule has 0 bridgehead atoms. The molecule has 0 amide bonds. The van der Waals surface area contributed by atoms with Crippen LogP contribution < -0.4 is 4.90 Å². The van der Waals surface area contributed by atoms with Gasteiger partial charge in [-0.1, -0.05) is 72.8 Å². The molecule has 2 aromatic heterocycles. The Morgan fingerprint density at radius 2 is 1.36 bits per heavy atom. The fourth-order valence-electron chi connectivity index (χ4n) is 5.68. The Balaban J connectivity index is 1.42. The predicted octanol–water partition coefficient (Wildman–Crippen LogP) is 9.72. The van der Waals surface area contributed by atoms with Gasteiger partial charge in [0.05, 0.1) is 16.1 Å². The molecular weight excluding hydrogens is 456 g/mol. The zero-order valence-electron chi connectivity index (χ0n) is 19.3. The average molecular weight is 477 g/mol. The monoisotopic (exact) mass is 476 g/mol. The normalized spacial score (nSPS) is 12.4. The molecular formula is C33H20N2S. The van der Waals surface area contributed by atoms with Crippen molar-refractivity contribution in [2.24, 2.45) is 0 Å². The van der Waals surface area contributed by atoms with Crippen molar-refractivity contribution in [3.8, 4) is 22.3 Å². The van der Waals surface area contributed by atoms with E-state index in [1.807, 2.05) is 23.7 Å². The Kier molecular flexibility index (Phi) is 4.13. The third-order valence-electron chi connectivity index (χ3n) is 7.29. The molecule has 1 aliphatic heterocycles. The van der Waals surface area contributed by atoms with E-state index in [2.05, 4.69) is 119 Å². The molecule has 0 saturated heterocycles. The molecule has 0 aliphatic carbocycles. The number of rotatable bonds is 2. The Hall–Kier alpha value is -4.47. The lowest BCUT2D eigenvalue weighted by molar-refractivity contribution is 1.29. The van der Waals surface area contributed by atoms with Crippen LogP contribution in [-0.2, 0) is 0 Å². The van der Waals surface area contributed by atoms with Crippen molar-refractivity contribution in [2.45, 2.75) is 0 Å². The summed E-state index contributed by atoms with van der Waals surface area (Å²) >= 11 is 1.84. The number of pyridine rings is 1. The van der Waals surface area contributed by atoms with Gasteiger partial charge in [-0.05, 0) is 53.1 Å². The molecule has 168 valence electrons. The Morgan fingerprint density at radius 3 is 2.25 bits per heavy atom. The summed E-state index contributed by atoms with van der Waals surface area (Å²) in [4.78, 5) is 6.80. The van der Waals surface area contributed by atoms with Gasteiger partial charge in [-0.15, -0.1) is 11.3 Å². The van der Waals surface area contributed by atoms with Crippen molar-refractivity contribution in [2.75, 3.05) is 4.90 Å². The summed E-state index contributed by atoms with van der Waals surface area (Å²) in [6.07, 6.45) is 3.89. The first-order valence-corrected chi connectivity index (χ1v) is 13.0. The molecule has 1 aliphatic rings. The van der Waals surface area contributed by atoms with Crippen LogP contribution in [0.3, 0.4) is 0 Å². The van der Waals surface area contributed by atoms with Crippen LogP contribution in [0.1, 0.15) is 0 Å². The highest BCUT2D eigenvalue weighted by molar-refractivity contribution is 7.26. The first-order valence-electron chi connectivity index (χ1n) is 12.1. The smallest absolute Gasteiger partial charge is 0.0547 e. The van der Waals surface area contributed by atoms with Crippen LogP contribution in [0.15, 0.2) is 122 Å². The highest BCUT2D eigenvalue weighted by Gasteiger charge is 2.27. The molecule has 0 spiro atoms. The molecule has 0 saturated carbocycles. The number of benzene rings is 5. The molecule has 5 aromatic carbocycles. The van der Waals surface area contributed by atoms with E-state index in [1.165, 1.54) is 70.3 Å². The third-order valence-corrected chi connectivity index (χ3v) is 8.47. The van der Waals surface area contributed by atoms with E-state index in [4.69, 9.17) is 0 Å². The van der Waals surface area contributed by atoms with Crippen molar-refractivity contribution < 1.29 is 0 Å². The zero-order valence-corrected chi connectivity index (χ0v) is 20.2. The first-order chi connectivity index (χ1) is 17.9. The highest BCUT2D eigenvalue weighted by Crippen LogP contribution is 2.53. The second-order valence-corrected chi connectivity index (χ2v) is 10.3. The minimum atomic E-state index is 1.17. The lowest BCUT2D eigenvalue weighted by Gasteiger charge is -2.33. The predicted molar refractivity (Wildman–Crippen MR) is 154 cm³/mol. The van der Waals surface area contributed by atoms with Gasteiger partial charge in [-0.3, -0.25) is 4.98 Å². The molecule has 8 rings (SSSR count). The molecule has 36 heavy (non-hydrogen) atoms. The van der Waals surface area contributed by atoms with Crippen LogP contribution in [0.4, 0.5) is 17.1 Å². The van der Waals surface area contributed by atoms with E-state index < -0.39 is 0 Å². The second-order valence-electron chi connectivity index (χ2n) is 9.24. The van der Waals surface area contributed by atoms with E-state index in [9.17, 15) is 0 Å². The first kappa shape index (κ1) is 19.8. The number of anilines is 3. The Morgan fingerprint density at radius 1 is 0.583 bits per heavy atom. The standard InChI is InChI=1S/C33H20N2S/c1-2-7-21(8-3-1)22-13-15-23(16-14-22)35-29-11-5-4-9-24(29)27-19-28-25-17-18-34-20-31(25)36-33(28)26-10-6-12-30(35)32(26)27/h1-20H. The van der Waals surface area contributed by atoms with Crippen LogP contribution in [0.5, 0.6) is 0 Å². The third kappa shape index (κ3) is 2.75. The van der Waals surface area contributed by atoms with E-state index in [0.29, 0.717) is 0 Å². The number of aromatic nitrogens is 1. The van der Waals surface area contributed by atoms with E-state index in [1.54, 1.807) is 0 Å². The van der Waals surface area contributed by atoms with Crippen molar-refractivity contribution in [3.05, 3.63) is 122 Å². The largest absolute Gasteiger partial charge is 0.309 e. The van der Waals surface area contributed by atoms with Crippen LogP contribution in [0.2, 0.25) is 0 Å². The van der Waals surface area contributed by atoms with E-state index in [-0.39, 0.29) is 0 Å². The second kappa shape index (κ2) is 7.51. The summed E-state index contributed by atoms with van der Waals surface area (Å²) in [5.74, 6) is 0. The quantitative estimate of drug-likeness (QED) is 0.247. The van der Waals surface area contributed by atoms with Gasteiger partial charge in [0, 0.05) is 49.9 Å². The fourth-order valence-corrected chi connectivity index (χ4v) is 6.86. The van der Waals surface area contributed by atoms with Gasteiger partial charge in [0.15, 0.2) is 0 Å². The van der Waals surface area contributed by atoms with Gasteiger partial charge < -0.3 is 4.90 Å². The molecule has 0 fully saturated rings. The van der Waals surface area contributed by atoms with Gasteiger partial charge in [0.25, 0.3) is 0 Å². The number of thiophene rings is 1. The van der Waals surface area contributed by atoms with E-state index in [0.717, 1.165) is 0 Å². The molecule has 7 aromatic rings. The summed E-state index contributed by atoms with van der Waals surface area (Å²) in [7, 11) is 0. The molecule has 0 atom stereocenters. The van der Waals surface area contributed by atoms with Crippen molar-refractivity contribution in [3.63, 3.8) is 0 Å². The number of fused-ring (bicyclic) bond motifs is 6. The summed E-state index contributed by atoms with van der Waals surface area (Å²) < 4.78 is 2.56. The van der Waals surface area contributed by atoms with Crippen LogP contribution >= 0.6 is 11.3 Å². The summed E-state index contributed by atoms with van der Waals surface area (Å²) in [5.41, 5.74) is 8.64. The lowest BCUT2D eigenvalue weighted by Crippen LogP contribution is -2.14. The van der Waals surface area contributed by atoms with Crippen molar-refractivity contribution in [1.29, 1.82) is 0 Å². The molecule has 2 nitrogen and oxygen atoms in total. The molecule has 0 radical (unpaired) electrons. The van der Waals surface area contributed by atoms with Crippen LogP contribution in [0, 0.1) is 0 Å². The van der Waals surface area contributed by atoms with Gasteiger partial charge in [0.1, 0.15) is 0 Å². The molecule has 3 heterocycles. The minimum absolute atomic E-state index is 1.17. The van der Waals surface area contributed by atoms with Crippen molar-refractivity contribution in [1.82, 2.24) is 4.98 Å². The number of nitrogens with zero attached hydrogens (tertiary/aromatic N) is 2. The van der Waals surface area contributed by atoms with Crippen LogP contribution in [-0.4, -0.2) is 4.98 Å².